The number of hydrogen-bond donors (Lipinski definition) is 0. The van der Waals surface area contributed by atoms with Gasteiger partial charge in [-0.05, 0) is 34.7 Å². The highest BCUT2D eigenvalue weighted by Crippen LogP contribution is 2.12. The molecule has 0 spiro atoms. The number of methoxy groups -OCH3 is 1. The van der Waals surface area contributed by atoms with Gasteiger partial charge < -0.3 is 14.3 Å². The van der Waals surface area contributed by atoms with Crippen molar-refractivity contribution in [3.8, 4) is 0 Å². The maximum Gasteiger partial charge on any atom is 0.360 e. The van der Waals surface area contributed by atoms with E-state index in [-0.39, 0.29) is 11.8 Å². The van der Waals surface area contributed by atoms with Crippen LogP contribution in [0.2, 0.25) is 0 Å². The zero-order valence-corrected chi connectivity index (χ0v) is 12.6. The number of carbonyl (C=O) groups excluding carboxylic acids is 1. The zero-order chi connectivity index (χ0) is 13.7. The van der Waals surface area contributed by atoms with Crippen LogP contribution in [0.25, 0.3) is 0 Å². The van der Waals surface area contributed by atoms with E-state index in [1.165, 1.54) is 7.11 Å². The number of carbonyl (C=O) groups is 1. The molecule has 2 rings (SSSR count). The summed E-state index contributed by atoms with van der Waals surface area (Å²) in [6, 6.07) is 7.41. The van der Waals surface area contributed by atoms with Crippen LogP contribution >= 0.6 is 22.6 Å². The summed E-state index contributed by atoms with van der Waals surface area (Å²) in [6.45, 7) is 1.17. The molecule has 0 N–H and O–H groups in total. The first-order chi connectivity index (χ1) is 9.20. The van der Waals surface area contributed by atoms with Crippen LogP contribution in [0.5, 0.6) is 0 Å². The third kappa shape index (κ3) is 3.90. The Morgan fingerprint density at radius 3 is 2.74 bits per heavy atom. The van der Waals surface area contributed by atoms with Gasteiger partial charge in [0.2, 0.25) is 0 Å². The van der Waals surface area contributed by atoms with E-state index < -0.39 is 5.97 Å². The fourth-order valence-corrected chi connectivity index (χ4v) is 2.00. The molecule has 1 atom stereocenters. The summed E-state index contributed by atoms with van der Waals surface area (Å²) in [7, 11) is 1.32. The van der Waals surface area contributed by atoms with Crippen molar-refractivity contribution in [2.75, 3.05) is 20.3 Å². The van der Waals surface area contributed by atoms with Gasteiger partial charge in [0.05, 0.1) is 20.3 Å². The van der Waals surface area contributed by atoms with Crippen molar-refractivity contribution < 1.29 is 19.1 Å². The van der Waals surface area contributed by atoms with Gasteiger partial charge in [-0.3, -0.25) is 0 Å². The summed E-state index contributed by atoms with van der Waals surface area (Å²) in [5, 5.41) is 3.94. The van der Waals surface area contributed by atoms with Gasteiger partial charge in [0.15, 0.2) is 11.8 Å². The van der Waals surface area contributed by atoms with Gasteiger partial charge >= 0.3 is 5.97 Å². The summed E-state index contributed by atoms with van der Waals surface area (Å²) in [6.07, 6.45) is 0.688. The molecule has 1 aromatic carbocycles. The van der Waals surface area contributed by atoms with Gasteiger partial charge in [-0.1, -0.05) is 17.3 Å². The lowest BCUT2D eigenvalue weighted by Gasteiger charge is -2.08. The molecule has 1 aliphatic heterocycles. The van der Waals surface area contributed by atoms with E-state index in [4.69, 9.17) is 14.3 Å². The minimum absolute atomic E-state index is 0.0940. The lowest BCUT2D eigenvalue weighted by molar-refractivity contribution is -0.132. The Labute approximate surface area is 125 Å². The van der Waals surface area contributed by atoms with Crippen LogP contribution in [0.1, 0.15) is 12.0 Å². The highest BCUT2D eigenvalue weighted by atomic mass is 127. The average molecular weight is 375 g/mol. The molecule has 0 saturated carbocycles. The first-order valence-electron chi connectivity index (χ1n) is 5.86. The number of nitrogens with zero attached hydrogens (tertiary/aromatic N) is 1. The van der Waals surface area contributed by atoms with Crippen molar-refractivity contribution in [1.29, 1.82) is 0 Å². The van der Waals surface area contributed by atoms with Gasteiger partial charge in [0, 0.05) is 15.6 Å². The van der Waals surface area contributed by atoms with Crippen LogP contribution in [0.15, 0.2) is 29.4 Å². The molecular formula is C13H14INO4. The summed E-state index contributed by atoms with van der Waals surface area (Å²) < 4.78 is 11.0. The number of halogens is 1. The van der Waals surface area contributed by atoms with Crippen LogP contribution in [0, 0.1) is 3.57 Å². The Bertz CT molecular complexity index is 466. The quantitative estimate of drug-likeness (QED) is 0.350. The third-order valence-electron chi connectivity index (χ3n) is 2.68. The smallest absolute Gasteiger partial charge is 0.360 e. The van der Waals surface area contributed by atoms with E-state index in [1.54, 1.807) is 0 Å². The molecule has 0 bridgehead atoms. The second kappa shape index (κ2) is 6.85. The average Bonchev–Trinajstić information content (AvgIpc) is 2.93. The molecule has 0 unspecified atom stereocenters. The maximum absolute atomic E-state index is 11.7. The van der Waals surface area contributed by atoms with Crippen molar-refractivity contribution in [2.24, 2.45) is 5.16 Å². The van der Waals surface area contributed by atoms with Gasteiger partial charge in [-0.15, -0.1) is 0 Å². The first kappa shape index (κ1) is 14.3. The van der Waals surface area contributed by atoms with E-state index in [1.807, 2.05) is 24.3 Å². The molecule has 102 valence electrons. The number of rotatable bonds is 4. The van der Waals surface area contributed by atoms with E-state index in [0.29, 0.717) is 18.8 Å². The highest BCUT2D eigenvalue weighted by Gasteiger charge is 2.20. The van der Waals surface area contributed by atoms with Gasteiger partial charge in [-0.2, -0.15) is 0 Å². The van der Waals surface area contributed by atoms with Crippen molar-refractivity contribution in [3.05, 3.63) is 33.4 Å². The molecule has 1 heterocycles. The molecular weight excluding hydrogens is 361 g/mol. The van der Waals surface area contributed by atoms with E-state index in [2.05, 4.69) is 27.7 Å². The van der Waals surface area contributed by atoms with Crippen molar-refractivity contribution >= 4 is 34.3 Å². The van der Waals surface area contributed by atoms with Gasteiger partial charge in [0.1, 0.15) is 0 Å². The number of hydrogen-bond acceptors (Lipinski definition) is 5. The predicted molar refractivity (Wildman–Crippen MR) is 78.0 cm³/mol. The second-order valence-electron chi connectivity index (χ2n) is 4.03. The SMILES string of the molecule is COC(=O)C(=NO[C@@H]1CCOC1)c1ccc(I)cc1. The number of esters is 1. The van der Waals surface area contributed by atoms with Crippen molar-refractivity contribution in [1.82, 2.24) is 0 Å². The van der Waals surface area contributed by atoms with Crippen molar-refractivity contribution in [3.63, 3.8) is 0 Å². The van der Waals surface area contributed by atoms with Gasteiger partial charge in [-0.25, -0.2) is 4.79 Å². The standard InChI is InChI=1S/C13H14INO4/c1-17-13(16)12(9-2-4-10(14)5-3-9)15-19-11-6-7-18-8-11/h2-5,11H,6-8H2,1H3/t11-/m1/s1. The largest absolute Gasteiger partial charge is 0.464 e. The van der Waals surface area contributed by atoms with E-state index in [9.17, 15) is 4.79 Å². The van der Waals surface area contributed by atoms with E-state index >= 15 is 0 Å². The topological polar surface area (TPSA) is 57.1 Å². The third-order valence-corrected chi connectivity index (χ3v) is 3.40. The monoisotopic (exact) mass is 375 g/mol. The Hall–Kier alpha value is -1.15. The molecule has 6 heteroatoms. The Morgan fingerprint density at radius 2 is 2.16 bits per heavy atom. The molecule has 0 radical (unpaired) electrons. The molecule has 1 aliphatic rings. The normalized spacial score (nSPS) is 19.3. The highest BCUT2D eigenvalue weighted by molar-refractivity contribution is 14.1. The fourth-order valence-electron chi connectivity index (χ4n) is 1.64. The molecule has 0 aromatic heterocycles. The zero-order valence-electron chi connectivity index (χ0n) is 10.5. The number of ether oxygens (including phenoxy) is 2. The molecule has 1 aromatic rings. The molecule has 1 fully saturated rings. The van der Waals surface area contributed by atoms with Crippen LogP contribution in [-0.2, 0) is 19.1 Å². The number of benzene rings is 1. The molecule has 0 aliphatic carbocycles. The molecule has 19 heavy (non-hydrogen) atoms. The van der Waals surface area contributed by atoms with Crippen LogP contribution < -0.4 is 0 Å². The van der Waals surface area contributed by atoms with Crippen LogP contribution in [0.3, 0.4) is 0 Å². The molecule has 1 saturated heterocycles. The summed E-state index contributed by atoms with van der Waals surface area (Å²) in [5.74, 6) is -0.514. The first-order valence-corrected chi connectivity index (χ1v) is 6.94. The van der Waals surface area contributed by atoms with Crippen LogP contribution in [-0.4, -0.2) is 38.1 Å². The van der Waals surface area contributed by atoms with Gasteiger partial charge in [0.25, 0.3) is 0 Å². The summed E-state index contributed by atoms with van der Waals surface area (Å²) in [4.78, 5) is 17.1. The summed E-state index contributed by atoms with van der Waals surface area (Å²) >= 11 is 2.19. The number of oxime groups is 1. The van der Waals surface area contributed by atoms with Crippen molar-refractivity contribution in [2.45, 2.75) is 12.5 Å². The van der Waals surface area contributed by atoms with E-state index in [0.717, 1.165) is 9.99 Å². The van der Waals surface area contributed by atoms with Crippen LogP contribution in [0.4, 0.5) is 0 Å². The second-order valence-corrected chi connectivity index (χ2v) is 5.28. The minimum Gasteiger partial charge on any atom is -0.464 e. The Morgan fingerprint density at radius 1 is 1.42 bits per heavy atom. The minimum atomic E-state index is -0.514. The Kier molecular flexibility index (Phi) is 5.15. The summed E-state index contributed by atoms with van der Waals surface area (Å²) in [5.41, 5.74) is 0.844. The maximum atomic E-state index is 11.7. The Balaban J connectivity index is 2.17. The molecule has 5 nitrogen and oxygen atoms in total. The lowest BCUT2D eigenvalue weighted by Crippen LogP contribution is -2.19. The lowest BCUT2D eigenvalue weighted by atomic mass is 10.1. The molecule has 0 amide bonds. The predicted octanol–water partition coefficient (Wildman–Crippen LogP) is 1.97. The fraction of sp³-hybridized carbons (Fsp3) is 0.385.